The summed E-state index contributed by atoms with van der Waals surface area (Å²) in [6.45, 7) is 13.6. The first-order valence-electron chi connectivity index (χ1n) is 4.38. The number of hydrogen-bond acceptors (Lipinski definition) is 0. The highest BCUT2D eigenvalue weighted by atomic mass is 127. The standard InChI is InChI=1S/C10H18ISi2/c1-12(2,3)9-7-11-8-10-13(4,5)6/h1-6H3/q+1. The van der Waals surface area contributed by atoms with Crippen molar-refractivity contribution >= 4 is 16.1 Å². The molecule has 72 valence electrons. The van der Waals surface area contributed by atoms with Crippen LogP contribution >= 0.6 is 0 Å². The fourth-order valence-electron chi connectivity index (χ4n) is 0.354. The third kappa shape index (κ3) is 12.3. The van der Waals surface area contributed by atoms with Crippen LogP contribution in [0.5, 0.6) is 0 Å². The Labute approximate surface area is 95.2 Å². The average Bonchev–Trinajstić information content (AvgIpc) is 1.81. The van der Waals surface area contributed by atoms with Gasteiger partial charge in [-0.05, 0) is 0 Å². The third-order valence-electron chi connectivity index (χ3n) is 0.939. The molecule has 0 saturated carbocycles. The van der Waals surface area contributed by atoms with Crippen molar-refractivity contribution in [2.24, 2.45) is 0 Å². The molecular weight excluding hydrogens is 303 g/mol. The van der Waals surface area contributed by atoms with E-state index in [1.807, 2.05) is 0 Å². The number of rotatable bonds is 0. The van der Waals surface area contributed by atoms with E-state index in [1.54, 1.807) is 0 Å². The summed E-state index contributed by atoms with van der Waals surface area (Å²) in [7, 11) is -2.29. The lowest BCUT2D eigenvalue weighted by Gasteiger charge is -2.00. The fraction of sp³-hybridized carbons (Fsp3) is 0.600. The molecule has 0 aromatic heterocycles. The van der Waals surface area contributed by atoms with E-state index in [9.17, 15) is 0 Å². The molecule has 0 unspecified atom stereocenters. The summed E-state index contributed by atoms with van der Waals surface area (Å²) in [5, 5.41) is 0. The maximum atomic E-state index is 3.36. The van der Waals surface area contributed by atoms with Gasteiger partial charge < -0.3 is 0 Å². The van der Waals surface area contributed by atoms with Gasteiger partial charge in [-0.25, -0.2) is 0 Å². The molecule has 0 aliphatic rings. The van der Waals surface area contributed by atoms with E-state index in [4.69, 9.17) is 0 Å². The maximum absolute atomic E-state index is 3.36. The first kappa shape index (κ1) is 13.3. The van der Waals surface area contributed by atoms with E-state index >= 15 is 0 Å². The molecule has 0 bridgehead atoms. The van der Waals surface area contributed by atoms with Gasteiger partial charge in [0.2, 0.25) is 0 Å². The van der Waals surface area contributed by atoms with Crippen LogP contribution in [-0.4, -0.2) is 16.1 Å². The Bertz CT molecular complexity index is 242. The number of halogens is 1. The van der Waals surface area contributed by atoms with Crippen molar-refractivity contribution in [3.63, 3.8) is 0 Å². The molecule has 0 aliphatic heterocycles. The summed E-state index contributed by atoms with van der Waals surface area (Å²) in [4.78, 5) is 0. The van der Waals surface area contributed by atoms with Crippen LogP contribution in [-0.2, 0) is 0 Å². The molecule has 0 spiro atoms. The summed E-state index contributed by atoms with van der Waals surface area (Å²) >= 11 is -0.160. The zero-order valence-corrected chi connectivity index (χ0v) is 13.5. The van der Waals surface area contributed by atoms with Crippen LogP contribution in [0.3, 0.4) is 0 Å². The fourth-order valence-corrected chi connectivity index (χ4v) is 6.81. The highest BCUT2D eigenvalue weighted by Gasteiger charge is 2.12. The Morgan fingerprint density at radius 2 is 1.00 bits per heavy atom. The molecule has 0 radical (unpaired) electrons. The summed E-state index contributed by atoms with van der Waals surface area (Å²) in [6, 6.07) is 0. The van der Waals surface area contributed by atoms with Crippen LogP contribution in [0.15, 0.2) is 0 Å². The zero-order valence-electron chi connectivity index (χ0n) is 9.38. The van der Waals surface area contributed by atoms with Gasteiger partial charge in [0, 0.05) is 0 Å². The predicted molar refractivity (Wildman–Crippen MR) is 62.2 cm³/mol. The van der Waals surface area contributed by atoms with Gasteiger partial charge in [0.1, 0.15) is 16.1 Å². The van der Waals surface area contributed by atoms with E-state index in [2.05, 4.69) is 58.2 Å². The molecule has 0 aromatic carbocycles. The van der Waals surface area contributed by atoms with E-state index in [0.29, 0.717) is 0 Å². The van der Waals surface area contributed by atoms with Gasteiger partial charge in [-0.2, -0.15) is 0 Å². The first-order valence-corrected chi connectivity index (χ1v) is 13.5. The van der Waals surface area contributed by atoms with Gasteiger partial charge in [-0.15, -0.1) is 0 Å². The minimum atomic E-state index is -1.14. The first-order chi connectivity index (χ1) is 5.71. The van der Waals surface area contributed by atoms with Crippen molar-refractivity contribution in [3.8, 4) is 18.9 Å². The predicted octanol–water partition coefficient (Wildman–Crippen LogP) is -0.248. The van der Waals surface area contributed by atoms with Gasteiger partial charge in [0.15, 0.2) is 7.85 Å². The summed E-state index contributed by atoms with van der Waals surface area (Å²) in [5.74, 6) is 0. The molecule has 3 heteroatoms. The van der Waals surface area contributed by atoms with Gasteiger partial charge in [0.05, 0.1) is 0 Å². The van der Waals surface area contributed by atoms with E-state index < -0.39 is 16.1 Å². The normalized spacial score (nSPS) is 10.9. The summed E-state index contributed by atoms with van der Waals surface area (Å²) in [6.07, 6.45) is 0. The SMILES string of the molecule is C[Si](C)(C)C#C[I+]C#C[Si](C)(C)C. The van der Waals surface area contributed by atoms with Crippen LogP contribution in [0.1, 0.15) is 0 Å². The lowest BCUT2D eigenvalue weighted by molar-refractivity contribution is -0.468. The van der Waals surface area contributed by atoms with E-state index in [-0.39, 0.29) is 21.2 Å². The molecule has 0 rings (SSSR count). The van der Waals surface area contributed by atoms with Crippen LogP contribution < -0.4 is 21.2 Å². The Morgan fingerprint density at radius 3 is 1.23 bits per heavy atom. The van der Waals surface area contributed by atoms with Gasteiger partial charge in [0.25, 0.3) is 0 Å². The molecule has 0 atom stereocenters. The Morgan fingerprint density at radius 1 is 0.692 bits per heavy atom. The van der Waals surface area contributed by atoms with Crippen LogP contribution in [0.2, 0.25) is 39.3 Å². The molecule has 0 amide bonds. The highest BCUT2D eigenvalue weighted by Crippen LogP contribution is 1.95. The molecular formula is C10H18ISi2+. The van der Waals surface area contributed by atoms with Crippen molar-refractivity contribution in [3.05, 3.63) is 0 Å². The Hall–Kier alpha value is 0.284. The molecule has 0 saturated heterocycles. The molecule has 0 fully saturated rings. The topological polar surface area (TPSA) is 0 Å². The van der Waals surface area contributed by atoms with Gasteiger partial charge >= 0.3 is 21.2 Å². The zero-order chi connectivity index (χ0) is 10.5. The Kier molecular flexibility index (Phi) is 5.35. The monoisotopic (exact) mass is 321 g/mol. The smallest absolute Gasteiger partial charge is 0.0774 e. The minimum absolute atomic E-state index is 0.160. The van der Waals surface area contributed by atoms with Crippen molar-refractivity contribution < 1.29 is 21.2 Å². The van der Waals surface area contributed by atoms with Gasteiger partial charge in [-0.3, -0.25) is 0 Å². The van der Waals surface area contributed by atoms with E-state index in [0.717, 1.165) is 0 Å². The van der Waals surface area contributed by atoms with Crippen molar-refractivity contribution in [2.75, 3.05) is 0 Å². The van der Waals surface area contributed by atoms with Gasteiger partial charge in [-0.1, -0.05) is 50.4 Å². The molecule has 0 N–H and O–H groups in total. The molecule has 0 aromatic rings. The van der Waals surface area contributed by atoms with Crippen LogP contribution in [0.4, 0.5) is 0 Å². The lowest BCUT2D eigenvalue weighted by Crippen LogP contribution is -3.57. The highest BCUT2D eigenvalue weighted by molar-refractivity contribution is 6.84. The summed E-state index contributed by atoms with van der Waals surface area (Å²) in [5.41, 5.74) is 6.72. The van der Waals surface area contributed by atoms with Crippen molar-refractivity contribution in [2.45, 2.75) is 39.3 Å². The largest absolute Gasteiger partial charge is 0.481 e. The molecule has 0 nitrogen and oxygen atoms in total. The second kappa shape index (κ2) is 5.24. The maximum Gasteiger partial charge on any atom is 0.481 e. The third-order valence-corrected chi connectivity index (χ3v) is 4.79. The average molecular weight is 321 g/mol. The van der Waals surface area contributed by atoms with Crippen molar-refractivity contribution in [1.29, 1.82) is 0 Å². The quantitative estimate of drug-likeness (QED) is 0.328. The second-order valence-electron chi connectivity index (χ2n) is 5.03. The lowest BCUT2D eigenvalue weighted by atomic mass is 11.4. The second-order valence-corrected chi connectivity index (χ2v) is 16.2. The minimum Gasteiger partial charge on any atom is -0.0774 e. The van der Waals surface area contributed by atoms with Crippen molar-refractivity contribution in [1.82, 2.24) is 0 Å². The molecule has 13 heavy (non-hydrogen) atoms. The van der Waals surface area contributed by atoms with Crippen LogP contribution in [0.25, 0.3) is 0 Å². The molecule has 0 aliphatic carbocycles. The summed E-state index contributed by atoms with van der Waals surface area (Å²) < 4.78 is 6.54. The number of hydrogen-bond donors (Lipinski definition) is 0. The molecule has 0 heterocycles. The van der Waals surface area contributed by atoms with E-state index in [1.165, 1.54) is 0 Å². The van der Waals surface area contributed by atoms with Crippen LogP contribution in [0, 0.1) is 18.9 Å². The Balaban J connectivity index is 4.03.